The minimum absolute atomic E-state index is 0.0913. The number of halogens is 2. The van der Waals surface area contributed by atoms with Crippen molar-refractivity contribution >= 4 is 34.2 Å². The van der Waals surface area contributed by atoms with Crippen LogP contribution in [0.4, 0.5) is 0 Å². The van der Waals surface area contributed by atoms with E-state index < -0.39 is 0 Å². The van der Waals surface area contributed by atoms with Gasteiger partial charge >= 0.3 is 0 Å². The fourth-order valence-electron chi connectivity index (χ4n) is 2.68. The standard InChI is InChI=1S/C16H15ClINO/c1-19-15(13-9-11(17)5-6-14(13)18)12-4-2-3-10-7-8-20-16(10)12/h2-6,9,15,19H,7-8H2,1H3. The summed E-state index contributed by atoms with van der Waals surface area (Å²) in [6.45, 7) is 0.773. The van der Waals surface area contributed by atoms with Crippen molar-refractivity contribution in [2.75, 3.05) is 13.7 Å². The molecule has 1 heterocycles. The van der Waals surface area contributed by atoms with E-state index in [0.29, 0.717) is 0 Å². The first-order valence-electron chi connectivity index (χ1n) is 6.57. The maximum absolute atomic E-state index is 6.16. The van der Waals surface area contributed by atoms with E-state index in [-0.39, 0.29) is 6.04 Å². The fraction of sp³-hybridized carbons (Fsp3) is 0.250. The molecule has 1 atom stereocenters. The van der Waals surface area contributed by atoms with Crippen LogP contribution in [0.3, 0.4) is 0 Å². The molecule has 1 aliphatic heterocycles. The van der Waals surface area contributed by atoms with Crippen LogP contribution >= 0.6 is 34.2 Å². The molecule has 104 valence electrons. The summed E-state index contributed by atoms with van der Waals surface area (Å²) in [4.78, 5) is 0. The lowest BCUT2D eigenvalue weighted by atomic mass is 9.96. The van der Waals surface area contributed by atoms with Crippen LogP contribution in [-0.4, -0.2) is 13.7 Å². The lowest BCUT2D eigenvalue weighted by Crippen LogP contribution is -2.19. The second kappa shape index (κ2) is 5.92. The van der Waals surface area contributed by atoms with Gasteiger partial charge in [0.1, 0.15) is 5.75 Å². The highest BCUT2D eigenvalue weighted by Gasteiger charge is 2.23. The average Bonchev–Trinajstić information content (AvgIpc) is 2.92. The summed E-state index contributed by atoms with van der Waals surface area (Å²) < 4.78 is 7.02. The van der Waals surface area contributed by atoms with Gasteiger partial charge in [-0.25, -0.2) is 0 Å². The van der Waals surface area contributed by atoms with Gasteiger partial charge in [-0.1, -0.05) is 29.8 Å². The molecule has 1 unspecified atom stereocenters. The molecule has 2 aromatic rings. The van der Waals surface area contributed by atoms with Crippen molar-refractivity contribution in [1.29, 1.82) is 0 Å². The number of hydrogen-bond donors (Lipinski definition) is 1. The first-order chi connectivity index (χ1) is 9.70. The van der Waals surface area contributed by atoms with Gasteiger partial charge in [0.2, 0.25) is 0 Å². The summed E-state index contributed by atoms with van der Waals surface area (Å²) in [5.41, 5.74) is 3.66. The van der Waals surface area contributed by atoms with Gasteiger partial charge in [0, 0.05) is 20.6 Å². The SMILES string of the molecule is CNC(c1cc(Cl)ccc1I)c1cccc2c1OCC2. The van der Waals surface area contributed by atoms with Crippen LogP contribution in [0.25, 0.3) is 0 Å². The smallest absolute Gasteiger partial charge is 0.127 e. The Bertz CT molecular complexity index is 644. The summed E-state index contributed by atoms with van der Waals surface area (Å²) in [5, 5.41) is 4.15. The van der Waals surface area contributed by atoms with Crippen LogP contribution in [-0.2, 0) is 6.42 Å². The van der Waals surface area contributed by atoms with Gasteiger partial charge in [-0.2, -0.15) is 0 Å². The van der Waals surface area contributed by atoms with E-state index in [9.17, 15) is 0 Å². The van der Waals surface area contributed by atoms with E-state index in [2.05, 4.69) is 46.1 Å². The van der Waals surface area contributed by atoms with Crippen molar-refractivity contribution < 1.29 is 4.74 Å². The molecule has 2 aromatic carbocycles. The molecule has 0 aliphatic carbocycles. The molecule has 0 aromatic heterocycles. The van der Waals surface area contributed by atoms with E-state index in [1.807, 2.05) is 25.2 Å². The van der Waals surface area contributed by atoms with E-state index in [1.165, 1.54) is 20.3 Å². The first kappa shape index (κ1) is 14.2. The van der Waals surface area contributed by atoms with Crippen molar-refractivity contribution in [1.82, 2.24) is 5.32 Å². The van der Waals surface area contributed by atoms with E-state index in [1.54, 1.807) is 0 Å². The van der Waals surface area contributed by atoms with Crippen LogP contribution < -0.4 is 10.1 Å². The third kappa shape index (κ3) is 2.54. The Morgan fingerprint density at radius 2 is 2.10 bits per heavy atom. The molecule has 0 amide bonds. The predicted octanol–water partition coefficient (Wildman–Crippen LogP) is 4.19. The van der Waals surface area contributed by atoms with Gasteiger partial charge in [0.05, 0.1) is 12.6 Å². The van der Waals surface area contributed by atoms with Gasteiger partial charge in [-0.3, -0.25) is 0 Å². The Labute approximate surface area is 137 Å². The molecular weight excluding hydrogens is 385 g/mol. The summed E-state index contributed by atoms with van der Waals surface area (Å²) in [5.74, 6) is 1.03. The number of hydrogen-bond acceptors (Lipinski definition) is 2. The minimum Gasteiger partial charge on any atom is -0.493 e. The second-order valence-electron chi connectivity index (χ2n) is 4.82. The quantitative estimate of drug-likeness (QED) is 0.782. The molecule has 0 fully saturated rings. The summed E-state index contributed by atoms with van der Waals surface area (Å²) in [7, 11) is 1.97. The Morgan fingerprint density at radius 1 is 1.25 bits per heavy atom. The molecule has 0 saturated carbocycles. The number of para-hydroxylation sites is 1. The van der Waals surface area contributed by atoms with Crippen molar-refractivity contribution in [3.8, 4) is 5.75 Å². The molecule has 1 N–H and O–H groups in total. The lowest BCUT2D eigenvalue weighted by Gasteiger charge is -2.21. The highest BCUT2D eigenvalue weighted by molar-refractivity contribution is 14.1. The molecule has 2 nitrogen and oxygen atoms in total. The van der Waals surface area contributed by atoms with Gasteiger partial charge in [0.25, 0.3) is 0 Å². The van der Waals surface area contributed by atoms with Crippen LogP contribution in [0.1, 0.15) is 22.7 Å². The fourth-order valence-corrected chi connectivity index (χ4v) is 3.51. The molecule has 1 aliphatic rings. The molecule has 3 rings (SSSR count). The van der Waals surface area contributed by atoms with E-state index in [0.717, 1.165) is 23.8 Å². The highest BCUT2D eigenvalue weighted by atomic mass is 127. The number of fused-ring (bicyclic) bond motifs is 1. The van der Waals surface area contributed by atoms with Crippen LogP contribution in [0, 0.1) is 3.57 Å². The summed E-state index contributed by atoms with van der Waals surface area (Å²) in [6, 6.07) is 12.5. The van der Waals surface area contributed by atoms with Gasteiger partial charge < -0.3 is 10.1 Å². The number of ether oxygens (including phenoxy) is 1. The molecule has 20 heavy (non-hydrogen) atoms. The zero-order valence-corrected chi connectivity index (χ0v) is 14.0. The number of rotatable bonds is 3. The monoisotopic (exact) mass is 399 g/mol. The minimum atomic E-state index is 0.0913. The van der Waals surface area contributed by atoms with E-state index >= 15 is 0 Å². The topological polar surface area (TPSA) is 21.3 Å². The van der Waals surface area contributed by atoms with Crippen molar-refractivity contribution in [2.45, 2.75) is 12.5 Å². The molecule has 0 saturated heterocycles. The Morgan fingerprint density at radius 3 is 2.90 bits per heavy atom. The van der Waals surface area contributed by atoms with Crippen molar-refractivity contribution in [2.24, 2.45) is 0 Å². The molecule has 0 radical (unpaired) electrons. The van der Waals surface area contributed by atoms with Gasteiger partial charge in [-0.05, 0) is 59.0 Å². The van der Waals surface area contributed by atoms with Crippen LogP contribution in [0.15, 0.2) is 36.4 Å². The van der Waals surface area contributed by atoms with Gasteiger partial charge in [-0.15, -0.1) is 0 Å². The summed E-state index contributed by atoms with van der Waals surface area (Å²) >= 11 is 8.51. The van der Waals surface area contributed by atoms with Crippen LogP contribution in [0.2, 0.25) is 5.02 Å². The third-order valence-electron chi connectivity index (χ3n) is 3.61. The second-order valence-corrected chi connectivity index (χ2v) is 6.42. The molecule has 4 heteroatoms. The van der Waals surface area contributed by atoms with E-state index in [4.69, 9.17) is 16.3 Å². The Kier molecular flexibility index (Phi) is 4.19. The Hall–Kier alpha value is -0.780. The molecule has 0 spiro atoms. The predicted molar refractivity (Wildman–Crippen MR) is 90.7 cm³/mol. The third-order valence-corrected chi connectivity index (χ3v) is 4.83. The zero-order valence-electron chi connectivity index (χ0n) is 11.1. The van der Waals surface area contributed by atoms with Gasteiger partial charge in [0.15, 0.2) is 0 Å². The lowest BCUT2D eigenvalue weighted by molar-refractivity contribution is 0.351. The normalized spacial score (nSPS) is 14.8. The number of nitrogens with one attached hydrogen (secondary N) is 1. The Balaban J connectivity index is 2.11. The first-order valence-corrected chi connectivity index (χ1v) is 8.03. The molecule has 0 bridgehead atoms. The maximum Gasteiger partial charge on any atom is 0.127 e. The largest absolute Gasteiger partial charge is 0.493 e. The number of benzene rings is 2. The maximum atomic E-state index is 6.16. The van der Waals surface area contributed by atoms with Crippen LogP contribution in [0.5, 0.6) is 5.75 Å². The highest BCUT2D eigenvalue weighted by Crippen LogP contribution is 2.37. The summed E-state index contributed by atoms with van der Waals surface area (Å²) in [6.07, 6.45) is 0.992. The average molecular weight is 400 g/mol. The zero-order chi connectivity index (χ0) is 14.1. The van der Waals surface area contributed by atoms with Crippen molar-refractivity contribution in [3.63, 3.8) is 0 Å². The van der Waals surface area contributed by atoms with Crippen molar-refractivity contribution in [3.05, 3.63) is 61.7 Å². The molecular formula is C16H15ClINO.